The van der Waals surface area contributed by atoms with Gasteiger partial charge in [0, 0.05) is 37.4 Å². The van der Waals surface area contributed by atoms with Crippen LogP contribution < -0.4 is 10.6 Å². The Labute approximate surface area is 166 Å². The molecule has 1 saturated heterocycles. The summed E-state index contributed by atoms with van der Waals surface area (Å²) in [5.41, 5.74) is 4.06. The Bertz CT molecular complexity index is 1240. The van der Waals surface area contributed by atoms with Crippen LogP contribution in [-0.2, 0) is 0 Å². The summed E-state index contributed by atoms with van der Waals surface area (Å²) in [5, 5.41) is 6.13. The number of nitrogens with one attached hydrogen (secondary N) is 2. The number of carbonyl (C=O) groups excluding carboxylic acids is 1. The molecule has 0 aliphatic carbocycles. The van der Waals surface area contributed by atoms with E-state index in [1.165, 1.54) is 6.07 Å². The van der Waals surface area contributed by atoms with Gasteiger partial charge in [0.15, 0.2) is 11.5 Å². The highest BCUT2D eigenvalue weighted by molar-refractivity contribution is 6.11. The minimum absolute atomic E-state index is 0.228. The molecule has 1 aliphatic rings. The zero-order valence-corrected chi connectivity index (χ0v) is 15.8. The number of aromatic nitrogens is 4. The van der Waals surface area contributed by atoms with Gasteiger partial charge in [-0.15, -0.1) is 0 Å². The number of hydrogen-bond acceptors (Lipinski definition) is 5. The lowest BCUT2D eigenvalue weighted by atomic mass is 9.95. The molecule has 1 atom stereocenters. The second-order valence-electron chi connectivity index (χ2n) is 7.29. The fraction of sp³-hybridized carbons (Fsp3) is 0.238. The molecular formula is C21H19FN6O. The van der Waals surface area contributed by atoms with Gasteiger partial charge in [-0.2, -0.15) is 0 Å². The summed E-state index contributed by atoms with van der Waals surface area (Å²) >= 11 is 0. The SMILES string of the molecule is Cc1cn2cc(NC(=O)c3ccc(C4CCNC4)c4nccnc34)cc(F)c2n1. The predicted molar refractivity (Wildman–Crippen MR) is 108 cm³/mol. The van der Waals surface area contributed by atoms with Crippen LogP contribution in [0.15, 0.2) is 43.0 Å². The molecule has 4 aromatic rings. The van der Waals surface area contributed by atoms with E-state index < -0.39 is 5.82 Å². The molecule has 0 spiro atoms. The van der Waals surface area contributed by atoms with E-state index >= 15 is 0 Å². The molecule has 1 amide bonds. The minimum atomic E-state index is -0.496. The molecular weight excluding hydrogens is 371 g/mol. The molecule has 1 unspecified atom stereocenters. The van der Waals surface area contributed by atoms with Gasteiger partial charge in [-0.25, -0.2) is 9.37 Å². The lowest BCUT2D eigenvalue weighted by molar-refractivity contribution is 0.102. The van der Waals surface area contributed by atoms with Crippen LogP contribution in [0.1, 0.15) is 34.0 Å². The Morgan fingerprint density at radius 1 is 1.24 bits per heavy atom. The summed E-state index contributed by atoms with van der Waals surface area (Å²) in [6, 6.07) is 4.99. The third-order valence-electron chi connectivity index (χ3n) is 5.29. The second-order valence-corrected chi connectivity index (χ2v) is 7.29. The van der Waals surface area contributed by atoms with Gasteiger partial charge in [0.05, 0.1) is 22.5 Å². The Morgan fingerprint density at radius 3 is 2.86 bits per heavy atom. The topological polar surface area (TPSA) is 84.2 Å². The maximum absolute atomic E-state index is 14.3. The number of benzene rings is 1. The Morgan fingerprint density at radius 2 is 2.07 bits per heavy atom. The molecule has 1 aromatic carbocycles. The number of carbonyl (C=O) groups is 1. The number of nitrogens with zero attached hydrogens (tertiary/aromatic N) is 4. The van der Waals surface area contributed by atoms with Gasteiger partial charge in [-0.1, -0.05) is 6.07 Å². The van der Waals surface area contributed by atoms with Gasteiger partial charge in [0.2, 0.25) is 0 Å². The van der Waals surface area contributed by atoms with E-state index in [0.29, 0.717) is 28.4 Å². The van der Waals surface area contributed by atoms with Crippen LogP contribution in [-0.4, -0.2) is 38.3 Å². The molecule has 3 aromatic heterocycles. The normalized spacial score (nSPS) is 16.6. The number of pyridine rings is 1. The standard InChI is InChI=1S/C21H19FN6O/c1-12-10-28-11-14(8-17(22)20(28)26-12)27-21(29)16-3-2-15(13-4-5-23-9-13)18-19(16)25-7-6-24-18/h2-3,6-8,10-11,13,23H,4-5,9H2,1H3,(H,27,29). The lowest BCUT2D eigenvalue weighted by Gasteiger charge is -2.14. The van der Waals surface area contributed by atoms with Crippen LogP contribution in [0.5, 0.6) is 0 Å². The highest BCUT2D eigenvalue weighted by Crippen LogP contribution is 2.29. The van der Waals surface area contributed by atoms with Gasteiger partial charge in [0.25, 0.3) is 5.91 Å². The maximum Gasteiger partial charge on any atom is 0.257 e. The molecule has 2 N–H and O–H groups in total. The lowest BCUT2D eigenvalue weighted by Crippen LogP contribution is -2.15. The Balaban J connectivity index is 1.52. The van der Waals surface area contributed by atoms with Crippen LogP contribution in [0, 0.1) is 12.7 Å². The van der Waals surface area contributed by atoms with Crippen molar-refractivity contribution in [1.82, 2.24) is 24.7 Å². The van der Waals surface area contributed by atoms with E-state index in [1.54, 1.807) is 42.2 Å². The van der Waals surface area contributed by atoms with E-state index in [1.807, 2.05) is 6.07 Å². The number of hydrogen-bond donors (Lipinski definition) is 2. The number of aryl methyl sites for hydroxylation is 1. The number of rotatable bonds is 3. The van der Waals surface area contributed by atoms with E-state index in [0.717, 1.165) is 30.6 Å². The van der Waals surface area contributed by atoms with Crippen molar-refractivity contribution in [2.24, 2.45) is 0 Å². The van der Waals surface area contributed by atoms with E-state index in [9.17, 15) is 9.18 Å². The molecule has 0 radical (unpaired) electrons. The van der Waals surface area contributed by atoms with Crippen LogP contribution in [0.25, 0.3) is 16.7 Å². The van der Waals surface area contributed by atoms with Crippen LogP contribution >= 0.6 is 0 Å². The first kappa shape index (κ1) is 17.7. The van der Waals surface area contributed by atoms with Crippen molar-refractivity contribution in [3.63, 3.8) is 0 Å². The number of amides is 1. The summed E-state index contributed by atoms with van der Waals surface area (Å²) in [7, 11) is 0. The third-order valence-corrected chi connectivity index (χ3v) is 5.29. The van der Waals surface area contributed by atoms with Crippen molar-refractivity contribution in [2.75, 3.05) is 18.4 Å². The highest BCUT2D eigenvalue weighted by Gasteiger charge is 2.22. The second kappa shape index (κ2) is 6.89. The Hall–Kier alpha value is -3.39. The molecule has 1 aliphatic heterocycles. The van der Waals surface area contributed by atoms with Crippen molar-refractivity contribution in [2.45, 2.75) is 19.3 Å². The van der Waals surface area contributed by atoms with Crippen molar-refractivity contribution in [1.29, 1.82) is 0 Å². The van der Waals surface area contributed by atoms with Crippen molar-refractivity contribution >= 4 is 28.3 Å². The van der Waals surface area contributed by atoms with E-state index in [2.05, 4.69) is 25.6 Å². The van der Waals surface area contributed by atoms with Gasteiger partial charge >= 0.3 is 0 Å². The summed E-state index contributed by atoms with van der Waals surface area (Å²) < 4.78 is 15.9. The van der Waals surface area contributed by atoms with Crippen molar-refractivity contribution < 1.29 is 9.18 Å². The van der Waals surface area contributed by atoms with Crippen LogP contribution in [0.4, 0.5) is 10.1 Å². The zero-order chi connectivity index (χ0) is 20.0. The molecule has 5 rings (SSSR count). The summed E-state index contributed by atoms with van der Waals surface area (Å²) in [4.78, 5) is 26.0. The summed E-state index contributed by atoms with van der Waals surface area (Å²) in [6.07, 6.45) is 7.60. The molecule has 0 saturated carbocycles. The van der Waals surface area contributed by atoms with Crippen molar-refractivity contribution in [3.05, 3.63) is 65.6 Å². The quantitative estimate of drug-likeness (QED) is 0.562. The van der Waals surface area contributed by atoms with Gasteiger partial charge < -0.3 is 15.0 Å². The molecule has 29 heavy (non-hydrogen) atoms. The molecule has 4 heterocycles. The number of halogens is 1. The number of imidazole rings is 1. The van der Waals surface area contributed by atoms with Crippen LogP contribution in [0.2, 0.25) is 0 Å². The zero-order valence-electron chi connectivity index (χ0n) is 15.8. The molecule has 146 valence electrons. The number of anilines is 1. The number of fused-ring (bicyclic) bond motifs is 2. The Kier molecular flexibility index (Phi) is 4.21. The van der Waals surface area contributed by atoms with Crippen molar-refractivity contribution in [3.8, 4) is 0 Å². The molecule has 0 bridgehead atoms. The minimum Gasteiger partial charge on any atom is -0.320 e. The monoisotopic (exact) mass is 390 g/mol. The first-order valence-corrected chi connectivity index (χ1v) is 9.50. The average molecular weight is 390 g/mol. The first-order chi connectivity index (χ1) is 14.1. The van der Waals surface area contributed by atoms with E-state index in [4.69, 9.17) is 0 Å². The molecule has 8 heteroatoms. The smallest absolute Gasteiger partial charge is 0.257 e. The third kappa shape index (κ3) is 3.11. The maximum atomic E-state index is 14.3. The predicted octanol–water partition coefficient (Wildman–Crippen LogP) is 3.05. The fourth-order valence-electron chi connectivity index (χ4n) is 3.96. The van der Waals surface area contributed by atoms with Gasteiger partial charge in [0.1, 0.15) is 5.52 Å². The first-order valence-electron chi connectivity index (χ1n) is 9.50. The van der Waals surface area contributed by atoms with E-state index in [-0.39, 0.29) is 11.6 Å². The fourth-order valence-corrected chi connectivity index (χ4v) is 3.96. The van der Waals surface area contributed by atoms with Gasteiger partial charge in [-0.3, -0.25) is 14.8 Å². The average Bonchev–Trinajstić information content (AvgIpc) is 3.36. The van der Waals surface area contributed by atoms with Gasteiger partial charge in [-0.05, 0) is 37.4 Å². The summed E-state index contributed by atoms with van der Waals surface area (Å²) in [6.45, 7) is 3.65. The molecule has 7 nitrogen and oxygen atoms in total. The van der Waals surface area contributed by atoms with Crippen LogP contribution in [0.3, 0.4) is 0 Å². The largest absolute Gasteiger partial charge is 0.320 e. The molecule has 1 fully saturated rings. The summed E-state index contributed by atoms with van der Waals surface area (Å²) in [5.74, 6) is -0.501. The highest BCUT2D eigenvalue weighted by atomic mass is 19.1.